The van der Waals surface area contributed by atoms with Gasteiger partial charge in [0.05, 0.1) is 0 Å². The van der Waals surface area contributed by atoms with Gasteiger partial charge in [-0.05, 0) is 6.92 Å². The molecule has 0 unspecified atom stereocenters. The average Bonchev–Trinajstić information content (AvgIpc) is 1.35. The third-order valence-corrected chi connectivity index (χ3v) is 1.89. The van der Waals surface area contributed by atoms with Crippen LogP contribution in [0.25, 0.3) is 0 Å². The van der Waals surface area contributed by atoms with Gasteiger partial charge in [-0.3, -0.25) is 0 Å². The molecule has 0 saturated carbocycles. The van der Waals surface area contributed by atoms with Crippen LogP contribution < -0.4 is 0 Å². The fourth-order valence-electron chi connectivity index (χ4n) is 0.145. The molecule has 0 spiro atoms. The molecule has 0 fully saturated rings. The topological polar surface area (TPSA) is 0 Å². The van der Waals surface area contributed by atoms with Crippen LogP contribution in [0.3, 0.4) is 0 Å². The van der Waals surface area contributed by atoms with Gasteiger partial charge in [0, 0.05) is 0 Å². The largest absolute Gasteiger partial charge is 0.259 e. The summed E-state index contributed by atoms with van der Waals surface area (Å²) < 4.78 is 0. The Bertz CT molecular complexity index is 50.8. The van der Waals surface area contributed by atoms with Crippen molar-refractivity contribution in [3.63, 3.8) is 0 Å². The normalized spacial score (nSPS) is 11.3. The van der Waals surface area contributed by atoms with E-state index in [1.54, 1.807) is 0 Å². The van der Waals surface area contributed by atoms with Crippen molar-refractivity contribution in [1.29, 1.82) is 0 Å². The van der Waals surface area contributed by atoms with Crippen LogP contribution in [0.4, 0.5) is 0 Å². The summed E-state index contributed by atoms with van der Waals surface area (Å²) in [5.74, 6) is 0. The first-order valence-electron chi connectivity index (χ1n) is 1.68. The van der Waals surface area contributed by atoms with Gasteiger partial charge in [-0.25, -0.2) is 0 Å². The lowest BCUT2D eigenvalue weighted by molar-refractivity contribution is 1.78. The summed E-state index contributed by atoms with van der Waals surface area (Å²) in [5.41, 5.74) is 1.84. The van der Waals surface area contributed by atoms with Crippen LogP contribution >= 0.6 is 22.2 Å². The van der Waals surface area contributed by atoms with Crippen LogP contribution in [-0.2, 0) is 0 Å². The van der Waals surface area contributed by atoms with Crippen molar-refractivity contribution in [2.75, 3.05) is 0 Å². The van der Waals surface area contributed by atoms with Gasteiger partial charge in [-0.2, -0.15) is 0 Å². The van der Waals surface area contributed by atoms with E-state index in [-0.39, 0.29) is 0 Å². The fraction of sp³-hybridized carbons (Fsp3) is 0.333. The fourth-order valence-corrected chi connectivity index (χ4v) is 1.31. The van der Waals surface area contributed by atoms with E-state index < -0.39 is 7.42 Å². The van der Waals surface area contributed by atoms with Crippen LogP contribution in [-0.4, -0.2) is 7.42 Å². The Hall–Kier alpha value is 0.537. The van der Waals surface area contributed by atoms with Gasteiger partial charge in [0.1, 0.15) is 0 Å². The van der Waals surface area contributed by atoms with Crippen molar-refractivity contribution in [2.24, 2.45) is 0 Å². The van der Waals surface area contributed by atoms with Crippen LogP contribution in [0.5, 0.6) is 0 Å². The van der Waals surface area contributed by atoms with E-state index in [4.69, 9.17) is 22.2 Å². The Morgan fingerprint density at radius 3 is 2.00 bits per heavy atom. The van der Waals surface area contributed by atoms with Crippen LogP contribution in [0, 0.1) is 0 Å². The van der Waals surface area contributed by atoms with E-state index in [1.165, 1.54) is 0 Å². The average molecular weight is 141 g/mol. The summed E-state index contributed by atoms with van der Waals surface area (Å²) in [4.78, 5) is 0. The second-order valence-electron chi connectivity index (χ2n) is 0.860. The molecule has 36 valence electrons. The van der Waals surface area contributed by atoms with Crippen molar-refractivity contribution in [3.8, 4) is 0 Å². The molecule has 0 aliphatic carbocycles. The molecule has 0 saturated heterocycles. The molecular formula is C3H6Cl2Si. The Labute approximate surface area is 48.8 Å². The number of rotatable bonds is 1. The number of hydrogen-bond donors (Lipinski definition) is 0. The number of hydrogen-bond acceptors (Lipinski definition) is 0. The zero-order valence-corrected chi connectivity index (χ0v) is 6.15. The summed E-state index contributed by atoms with van der Waals surface area (Å²) in [6.45, 7) is 1.91. The third-order valence-electron chi connectivity index (χ3n) is 0.338. The van der Waals surface area contributed by atoms with Crippen molar-refractivity contribution in [2.45, 2.75) is 6.92 Å². The zero-order chi connectivity index (χ0) is 4.99. The maximum absolute atomic E-state index is 5.40. The molecular weight excluding hydrogens is 135 g/mol. The van der Waals surface area contributed by atoms with Crippen LogP contribution in [0.2, 0.25) is 0 Å². The van der Waals surface area contributed by atoms with Gasteiger partial charge in [0.15, 0.2) is 0 Å². The molecule has 0 aliphatic rings. The lowest BCUT2D eigenvalue weighted by Crippen LogP contribution is -1.80. The first-order chi connectivity index (χ1) is 2.77. The minimum atomic E-state index is -1.41. The highest BCUT2D eigenvalue weighted by Crippen LogP contribution is 1.94. The minimum Gasteiger partial charge on any atom is -0.145 e. The summed E-state index contributed by atoms with van der Waals surface area (Å²) >= 11 is 10.8. The first kappa shape index (κ1) is 6.54. The molecule has 0 heterocycles. The quantitative estimate of drug-likeness (QED) is 0.385. The van der Waals surface area contributed by atoms with Gasteiger partial charge in [0.2, 0.25) is 0 Å². The molecule has 0 atom stereocenters. The molecule has 0 bridgehead atoms. The highest BCUT2D eigenvalue weighted by atomic mass is 35.7. The molecule has 0 aromatic rings. The lowest BCUT2D eigenvalue weighted by atomic mass is 10.8. The summed E-state index contributed by atoms with van der Waals surface area (Å²) in [6, 6.07) is 0. The van der Waals surface area contributed by atoms with Crippen molar-refractivity contribution < 1.29 is 0 Å². The monoisotopic (exact) mass is 140 g/mol. The number of allylic oxidation sites excluding steroid dienone is 1. The third kappa shape index (κ3) is 4.54. The predicted molar refractivity (Wildman–Crippen MR) is 33.7 cm³/mol. The maximum atomic E-state index is 5.40. The Kier molecular flexibility index (Phi) is 4.05. The second kappa shape index (κ2) is 3.72. The van der Waals surface area contributed by atoms with E-state index in [0.29, 0.717) is 0 Å². The molecule has 0 radical (unpaired) electrons. The molecule has 0 N–H and O–H groups in total. The van der Waals surface area contributed by atoms with Crippen molar-refractivity contribution >= 4 is 29.6 Å². The van der Waals surface area contributed by atoms with E-state index in [1.807, 2.05) is 18.7 Å². The summed E-state index contributed by atoms with van der Waals surface area (Å²) in [7, 11) is -1.41. The smallest absolute Gasteiger partial charge is 0.145 e. The lowest BCUT2D eigenvalue weighted by Gasteiger charge is -1.77. The van der Waals surface area contributed by atoms with Gasteiger partial charge in [-0.15, -0.1) is 22.2 Å². The highest BCUT2D eigenvalue weighted by Gasteiger charge is 1.88. The van der Waals surface area contributed by atoms with E-state index >= 15 is 0 Å². The van der Waals surface area contributed by atoms with Crippen molar-refractivity contribution in [1.82, 2.24) is 0 Å². The first-order valence-corrected chi connectivity index (χ1v) is 5.84. The SMILES string of the molecule is C/C=C\[SiH](Cl)Cl. The molecule has 0 amide bonds. The zero-order valence-electron chi connectivity index (χ0n) is 3.49. The molecule has 3 heteroatoms. The Balaban J connectivity index is 3.03. The maximum Gasteiger partial charge on any atom is 0.259 e. The standard InChI is InChI=1S/C3H6Cl2Si/c1-2-3-6(4)5/h2-3,6H,1H3/b3-2-. The molecule has 0 nitrogen and oxygen atoms in total. The van der Waals surface area contributed by atoms with Crippen LogP contribution in [0.1, 0.15) is 6.92 Å². The molecule has 0 rings (SSSR count). The van der Waals surface area contributed by atoms with Gasteiger partial charge in [-0.1, -0.05) is 11.8 Å². The molecule has 0 aromatic heterocycles. The van der Waals surface area contributed by atoms with Crippen LogP contribution in [0.15, 0.2) is 11.8 Å². The summed E-state index contributed by atoms with van der Waals surface area (Å²) in [6.07, 6.45) is 1.87. The van der Waals surface area contributed by atoms with E-state index in [9.17, 15) is 0 Å². The van der Waals surface area contributed by atoms with Gasteiger partial charge < -0.3 is 0 Å². The highest BCUT2D eigenvalue weighted by molar-refractivity contribution is 7.36. The molecule has 6 heavy (non-hydrogen) atoms. The number of halogens is 2. The Morgan fingerprint density at radius 1 is 1.50 bits per heavy atom. The van der Waals surface area contributed by atoms with Crippen molar-refractivity contribution in [3.05, 3.63) is 11.8 Å². The molecule has 0 aromatic carbocycles. The van der Waals surface area contributed by atoms with Gasteiger partial charge >= 0.3 is 0 Å². The summed E-state index contributed by atoms with van der Waals surface area (Å²) in [5, 5.41) is 0. The predicted octanol–water partition coefficient (Wildman–Crippen LogP) is 1.80. The Morgan fingerprint density at radius 2 is 2.00 bits per heavy atom. The van der Waals surface area contributed by atoms with E-state index in [2.05, 4.69) is 0 Å². The second-order valence-corrected chi connectivity index (χ2v) is 5.41. The minimum absolute atomic E-state index is 1.41. The van der Waals surface area contributed by atoms with E-state index in [0.717, 1.165) is 0 Å². The molecule has 0 aliphatic heterocycles. The van der Waals surface area contributed by atoms with Gasteiger partial charge in [0.25, 0.3) is 7.42 Å².